The molecule has 1 saturated heterocycles. The van der Waals surface area contributed by atoms with Crippen LogP contribution in [-0.2, 0) is 10.0 Å². The summed E-state index contributed by atoms with van der Waals surface area (Å²) < 4.78 is 34.1. The first-order valence-electron chi connectivity index (χ1n) is 9.85. The summed E-state index contributed by atoms with van der Waals surface area (Å²) in [5.74, 6) is 0.433. The monoisotopic (exact) mass is 442 g/mol. The summed E-state index contributed by atoms with van der Waals surface area (Å²) in [4.78, 5) is 15.0. The van der Waals surface area contributed by atoms with Gasteiger partial charge in [0, 0.05) is 26.2 Å². The standard InChI is InChI=1S/C20H22N6O4S/c1-2-30-16-7-9-17(10-8-16)31(28,29)25-13-11-24(12-14-25)20(27)18-5-3-4-6-19(18)26-15-21-22-23-26/h3-10,15H,2,11-14H2,1H3. The molecule has 2 heterocycles. The molecule has 0 N–H and O–H groups in total. The molecule has 162 valence electrons. The Morgan fingerprint density at radius 2 is 1.74 bits per heavy atom. The minimum absolute atomic E-state index is 0.191. The number of carbonyl (C=O) groups is 1. The number of ether oxygens (including phenoxy) is 1. The number of benzene rings is 2. The van der Waals surface area contributed by atoms with Crippen LogP contribution < -0.4 is 4.74 Å². The fourth-order valence-corrected chi connectivity index (χ4v) is 4.87. The molecular formula is C20H22N6O4S. The molecule has 1 amide bonds. The maximum Gasteiger partial charge on any atom is 0.256 e. The fraction of sp³-hybridized carbons (Fsp3) is 0.300. The van der Waals surface area contributed by atoms with Crippen molar-refractivity contribution in [1.29, 1.82) is 0 Å². The van der Waals surface area contributed by atoms with Crippen LogP contribution in [0, 0.1) is 0 Å². The average Bonchev–Trinajstić information content (AvgIpc) is 3.34. The van der Waals surface area contributed by atoms with Gasteiger partial charge in [-0.15, -0.1) is 5.10 Å². The third-order valence-corrected chi connectivity index (χ3v) is 6.94. The summed E-state index contributed by atoms with van der Waals surface area (Å²) in [7, 11) is -3.64. The lowest BCUT2D eigenvalue weighted by molar-refractivity contribution is 0.0697. The van der Waals surface area contributed by atoms with Crippen LogP contribution in [0.1, 0.15) is 17.3 Å². The number of hydrogen-bond acceptors (Lipinski definition) is 7. The van der Waals surface area contributed by atoms with Crippen molar-refractivity contribution < 1.29 is 17.9 Å². The van der Waals surface area contributed by atoms with E-state index in [0.717, 1.165) is 0 Å². The maximum absolute atomic E-state index is 13.1. The van der Waals surface area contributed by atoms with E-state index in [0.29, 0.717) is 36.7 Å². The summed E-state index contributed by atoms with van der Waals surface area (Å²) >= 11 is 0. The van der Waals surface area contributed by atoms with Crippen LogP contribution in [0.3, 0.4) is 0 Å². The SMILES string of the molecule is CCOc1ccc(S(=O)(=O)N2CCN(C(=O)c3ccccc3-n3cnnn3)CC2)cc1. The van der Waals surface area contributed by atoms with E-state index in [9.17, 15) is 13.2 Å². The topological polar surface area (TPSA) is 111 Å². The third-order valence-electron chi connectivity index (χ3n) is 5.03. The predicted molar refractivity (Wildman–Crippen MR) is 111 cm³/mol. The second-order valence-corrected chi connectivity index (χ2v) is 8.81. The van der Waals surface area contributed by atoms with Crippen LogP contribution in [0.4, 0.5) is 0 Å². The number of para-hydroxylation sites is 1. The highest BCUT2D eigenvalue weighted by atomic mass is 32.2. The number of aromatic nitrogens is 4. The quantitative estimate of drug-likeness (QED) is 0.564. The molecule has 4 rings (SSSR count). The number of nitrogens with zero attached hydrogens (tertiary/aromatic N) is 6. The zero-order valence-corrected chi connectivity index (χ0v) is 17.8. The highest BCUT2D eigenvalue weighted by Gasteiger charge is 2.31. The van der Waals surface area contributed by atoms with Gasteiger partial charge in [0.15, 0.2) is 0 Å². The normalized spacial score (nSPS) is 15.1. The van der Waals surface area contributed by atoms with Crippen LogP contribution >= 0.6 is 0 Å². The maximum atomic E-state index is 13.1. The molecule has 1 aromatic heterocycles. The number of piperazine rings is 1. The van der Waals surface area contributed by atoms with Gasteiger partial charge < -0.3 is 9.64 Å². The molecule has 0 atom stereocenters. The Morgan fingerprint density at radius 3 is 2.39 bits per heavy atom. The van der Waals surface area contributed by atoms with Crippen molar-refractivity contribution in [2.45, 2.75) is 11.8 Å². The van der Waals surface area contributed by atoms with Crippen LogP contribution in [0.15, 0.2) is 59.8 Å². The van der Waals surface area contributed by atoms with E-state index >= 15 is 0 Å². The Hall–Kier alpha value is -3.31. The van der Waals surface area contributed by atoms with Gasteiger partial charge in [0.1, 0.15) is 12.1 Å². The van der Waals surface area contributed by atoms with E-state index in [4.69, 9.17) is 4.74 Å². The molecule has 10 nitrogen and oxygen atoms in total. The van der Waals surface area contributed by atoms with E-state index in [-0.39, 0.29) is 23.9 Å². The molecule has 11 heteroatoms. The van der Waals surface area contributed by atoms with Crippen molar-refractivity contribution in [2.24, 2.45) is 0 Å². The van der Waals surface area contributed by atoms with Crippen molar-refractivity contribution in [3.05, 3.63) is 60.4 Å². The second-order valence-electron chi connectivity index (χ2n) is 6.87. The largest absolute Gasteiger partial charge is 0.494 e. The molecule has 0 aliphatic carbocycles. The lowest BCUT2D eigenvalue weighted by Gasteiger charge is -2.34. The first kappa shape index (κ1) is 20.9. The van der Waals surface area contributed by atoms with Crippen molar-refractivity contribution in [1.82, 2.24) is 29.4 Å². The van der Waals surface area contributed by atoms with Gasteiger partial charge in [-0.25, -0.2) is 8.42 Å². The summed E-state index contributed by atoms with van der Waals surface area (Å²) in [6, 6.07) is 13.4. The Morgan fingerprint density at radius 1 is 1.03 bits per heavy atom. The fourth-order valence-electron chi connectivity index (χ4n) is 3.45. The summed E-state index contributed by atoms with van der Waals surface area (Å²) in [6.45, 7) is 3.39. The van der Waals surface area contributed by atoms with Crippen molar-refractivity contribution in [2.75, 3.05) is 32.8 Å². The van der Waals surface area contributed by atoms with Gasteiger partial charge in [-0.1, -0.05) is 12.1 Å². The molecule has 1 fully saturated rings. The molecule has 0 unspecified atom stereocenters. The molecule has 31 heavy (non-hydrogen) atoms. The van der Waals surface area contributed by atoms with Gasteiger partial charge in [-0.05, 0) is 53.7 Å². The third kappa shape index (κ3) is 4.28. The minimum Gasteiger partial charge on any atom is -0.494 e. The first-order chi connectivity index (χ1) is 15.0. The molecule has 3 aromatic rings. The lowest BCUT2D eigenvalue weighted by Crippen LogP contribution is -2.50. The van der Waals surface area contributed by atoms with Gasteiger partial charge in [-0.3, -0.25) is 4.79 Å². The Balaban J connectivity index is 1.46. The molecule has 0 saturated carbocycles. The van der Waals surface area contributed by atoms with E-state index in [1.54, 1.807) is 53.4 Å². The minimum atomic E-state index is -3.64. The van der Waals surface area contributed by atoms with Gasteiger partial charge in [0.25, 0.3) is 5.91 Å². The van der Waals surface area contributed by atoms with E-state index < -0.39 is 10.0 Å². The van der Waals surface area contributed by atoms with Gasteiger partial charge >= 0.3 is 0 Å². The highest BCUT2D eigenvalue weighted by molar-refractivity contribution is 7.89. The van der Waals surface area contributed by atoms with Crippen molar-refractivity contribution in [3.8, 4) is 11.4 Å². The van der Waals surface area contributed by atoms with Gasteiger partial charge in [0.2, 0.25) is 10.0 Å². The zero-order chi connectivity index (χ0) is 21.8. The zero-order valence-electron chi connectivity index (χ0n) is 17.0. The molecule has 2 aromatic carbocycles. The van der Waals surface area contributed by atoms with Crippen LogP contribution in [0.5, 0.6) is 5.75 Å². The van der Waals surface area contributed by atoms with Gasteiger partial charge in [0.05, 0.1) is 22.8 Å². The van der Waals surface area contributed by atoms with Crippen LogP contribution in [-0.4, -0.2) is 76.5 Å². The van der Waals surface area contributed by atoms with E-state index in [1.165, 1.54) is 15.3 Å². The van der Waals surface area contributed by atoms with Crippen molar-refractivity contribution >= 4 is 15.9 Å². The van der Waals surface area contributed by atoms with Crippen LogP contribution in [0.2, 0.25) is 0 Å². The summed E-state index contributed by atoms with van der Waals surface area (Å²) in [6.07, 6.45) is 1.42. The lowest BCUT2D eigenvalue weighted by atomic mass is 10.1. The number of hydrogen-bond donors (Lipinski definition) is 0. The summed E-state index contributed by atoms with van der Waals surface area (Å²) in [5.41, 5.74) is 1.03. The molecule has 0 radical (unpaired) electrons. The first-order valence-corrected chi connectivity index (χ1v) is 11.3. The molecule has 0 bridgehead atoms. The van der Waals surface area contributed by atoms with Crippen molar-refractivity contribution in [3.63, 3.8) is 0 Å². The highest BCUT2D eigenvalue weighted by Crippen LogP contribution is 2.22. The number of tetrazole rings is 1. The molecular weight excluding hydrogens is 420 g/mol. The predicted octanol–water partition coefficient (Wildman–Crippen LogP) is 1.21. The Labute approximate surface area is 180 Å². The van der Waals surface area contributed by atoms with E-state index in [1.807, 2.05) is 6.92 Å². The average molecular weight is 443 g/mol. The smallest absolute Gasteiger partial charge is 0.256 e. The summed E-state index contributed by atoms with van der Waals surface area (Å²) in [5, 5.41) is 11.1. The Bertz CT molecular complexity index is 1140. The number of rotatable bonds is 6. The molecule has 0 spiro atoms. The molecule has 1 aliphatic rings. The van der Waals surface area contributed by atoms with E-state index in [2.05, 4.69) is 15.5 Å². The number of amides is 1. The second kappa shape index (κ2) is 8.82. The Kier molecular flexibility index (Phi) is 5.96. The number of carbonyl (C=O) groups excluding carboxylic acids is 1. The van der Waals surface area contributed by atoms with Gasteiger partial charge in [-0.2, -0.15) is 8.99 Å². The van der Waals surface area contributed by atoms with Crippen LogP contribution in [0.25, 0.3) is 5.69 Å². The molecule has 1 aliphatic heterocycles. The number of sulfonamides is 1.